The maximum absolute atomic E-state index is 13.3. The minimum absolute atomic E-state index is 0.0608. The van der Waals surface area contributed by atoms with E-state index in [1.54, 1.807) is 0 Å². The van der Waals surface area contributed by atoms with E-state index in [9.17, 15) is 22.8 Å². The number of aryl methyl sites for hydroxylation is 1. The van der Waals surface area contributed by atoms with Crippen molar-refractivity contribution in [2.24, 2.45) is 5.73 Å². The summed E-state index contributed by atoms with van der Waals surface area (Å²) in [6.45, 7) is 0.575. The molecule has 0 spiro atoms. The van der Waals surface area contributed by atoms with Gasteiger partial charge in [-0.2, -0.15) is 13.2 Å². The molecule has 2 aromatic carbocycles. The summed E-state index contributed by atoms with van der Waals surface area (Å²) >= 11 is 1.39. The topological polar surface area (TPSA) is 122 Å². The molecule has 198 valence electrons. The molecule has 0 saturated heterocycles. The molecule has 0 aliphatic heterocycles. The summed E-state index contributed by atoms with van der Waals surface area (Å²) in [6.07, 6.45) is -0.0892. The lowest BCUT2D eigenvalue weighted by Gasteiger charge is -2.26. The first-order valence-electron chi connectivity index (χ1n) is 11.9. The van der Waals surface area contributed by atoms with Crippen LogP contribution >= 0.6 is 11.3 Å². The summed E-state index contributed by atoms with van der Waals surface area (Å²) in [5, 5.41) is 10.6. The Morgan fingerprint density at radius 1 is 1.11 bits per heavy atom. The summed E-state index contributed by atoms with van der Waals surface area (Å²) in [5.41, 5.74) is 8.79. The molecular weight excluding hydrogens is 507 g/mol. The highest BCUT2D eigenvalue weighted by molar-refractivity contribution is 7.20. The Hall–Kier alpha value is -3.31. The number of aromatic nitrogens is 1. The number of carbonyl (C=O) groups is 3. The number of halogens is 3. The number of benzene rings is 2. The van der Waals surface area contributed by atoms with Gasteiger partial charge in [0.15, 0.2) is 5.01 Å². The summed E-state index contributed by atoms with van der Waals surface area (Å²) in [7, 11) is 0. The second kappa shape index (κ2) is 12.8. The van der Waals surface area contributed by atoms with E-state index in [0.29, 0.717) is 18.0 Å². The number of nitrogens with two attached hydrogens (primary N) is 1. The first-order valence-corrected chi connectivity index (χ1v) is 12.7. The van der Waals surface area contributed by atoms with Gasteiger partial charge in [-0.15, -0.1) is 11.3 Å². The SMILES string of the molecule is NCCCC[C@H](NC(=O)C1CCCc2ccccc21)C(=O)c1nc2ccccc2s1.O=C(O)C(F)(F)F. The number of Topliss-reactive ketones (excluding diaryl/α,β-unsaturated/α-hetero) is 1. The fraction of sp³-hybridized carbons (Fsp3) is 0.385. The lowest BCUT2D eigenvalue weighted by atomic mass is 9.82. The third kappa shape index (κ3) is 7.59. The van der Waals surface area contributed by atoms with Crippen LogP contribution in [0.4, 0.5) is 13.2 Å². The molecule has 37 heavy (non-hydrogen) atoms. The number of hydrogen-bond donors (Lipinski definition) is 3. The Labute approximate surface area is 215 Å². The fourth-order valence-electron chi connectivity index (χ4n) is 4.19. The number of nitrogens with one attached hydrogen (secondary N) is 1. The van der Waals surface area contributed by atoms with Crippen LogP contribution in [0.15, 0.2) is 48.5 Å². The molecule has 1 unspecified atom stereocenters. The molecule has 11 heteroatoms. The number of carboxylic acid groups (broad SMARTS) is 1. The first-order chi connectivity index (χ1) is 17.6. The molecule has 0 fully saturated rings. The van der Waals surface area contributed by atoms with Gasteiger partial charge < -0.3 is 16.2 Å². The number of carboxylic acids is 1. The van der Waals surface area contributed by atoms with Crippen LogP contribution in [0.1, 0.15) is 59.0 Å². The van der Waals surface area contributed by atoms with E-state index in [2.05, 4.69) is 16.4 Å². The molecule has 3 aromatic rings. The van der Waals surface area contributed by atoms with Crippen molar-refractivity contribution in [3.8, 4) is 0 Å². The Morgan fingerprint density at radius 3 is 2.46 bits per heavy atom. The highest BCUT2D eigenvalue weighted by Crippen LogP contribution is 2.32. The first kappa shape index (κ1) is 28.3. The van der Waals surface area contributed by atoms with Crippen LogP contribution in [-0.2, 0) is 16.0 Å². The number of amides is 1. The predicted octanol–water partition coefficient (Wildman–Crippen LogP) is 4.85. The smallest absolute Gasteiger partial charge is 0.475 e. The Morgan fingerprint density at radius 2 is 1.78 bits per heavy atom. The van der Waals surface area contributed by atoms with Crippen LogP contribution in [0.2, 0.25) is 0 Å². The number of fused-ring (bicyclic) bond motifs is 2. The highest BCUT2D eigenvalue weighted by Gasteiger charge is 2.38. The van der Waals surface area contributed by atoms with Crippen LogP contribution in [0.3, 0.4) is 0 Å². The molecule has 1 aliphatic rings. The van der Waals surface area contributed by atoms with E-state index >= 15 is 0 Å². The molecular formula is C26H28F3N3O4S. The van der Waals surface area contributed by atoms with Crippen molar-refractivity contribution in [2.75, 3.05) is 6.54 Å². The lowest BCUT2D eigenvalue weighted by Crippen LogP contribution is -2.43. The molecule has 0 saturated carbocycles. The Balaban J connectivity index is 0.000000479. The summed E-state index contributed by atoms with van der Waals surface area (Å²) < 4.78 is 32.7. The molecule has 0 radical (unpaired) electrons. The standard InChI is InChI=1S/C24H27N3O2S.C2HF3O2/c25-15-6-5-13-20(22(28)24-27-19-12-3-4-14-21(19)30-24)26-23(29)18-11-7-9-16-8-1-2-10-17(16)18;3-2(4,5)1(6)7/h1-4,8,10,12,14,18,20H,5-7,9,11,13,15,25H2,(H,26,29);(H,6,7)/t18?,20-;/m0./s1. The number of nitrogens with zero attached hydrogens (tertiary/aromatic N) is 1. The number of thiazole rings is 1. The van der Waals surface area contributed by atoms with Crippen molar-refractivity contribution < 1.29 is 32.7 Å². The van der Waals surface area contributed by atoms with E-state index < -0.39 is 18.2 Å². The number of aliphatic carboxylic acids is 1. The Bertz CT molecular complexity index is 1210. The van der Waals surface area contributed by atoms with E-state index in [1.165, 1.54) is 16.9 Å². The van der Waals surface area contributed by atoms with Gasteiger partial charge >= 0.3 is 12.1 Å². The van der Waals surface area contributed by atoms with Crippen LogP contribution < -0.4 is 11.1 Å². The fourth-order valence-corrected chi connectivity index (χ4v) is 5.15. The number of rotatable bonds is 8. The number of para-hydroxylation sites is 1. The van der Waals surface area contributed by atoms with Gasteiger partial charge in [-0.05, 0) is 68.3 Å². The van der Waals surface area contributed by atoms with E-state index in [0.717, 1.165) is 47.9 Å². The third-order valence-corrected chi connectivity index (χ3v) is 7.06. The molecule has 1 aromatic heterocycles. The third-order valence-electron chi connectivity index (χ3n) is 6.01. The molecule has 4 rings (SSSR count). The number of alkyl halides is 3. The largest absolute Gasteiger partial charge is 0.490 e. The summed E-state index contributed by atoms with van der Waals surface area (Å²) in [6, 6.07) is 15.3. The van der Waals surface area contributed by atoms with Gasteiger partial charge in [0.25, 0.3) is 0 Å². The van der Waals surface area contributed by atoms with Crippen molar-refractivity contribution in [1.29, 1.82) is 0 Å². The van der Waals surface area contributed by atoms with Crippen molar-refractivity contribution >= 4 is 39.2 Å². The molecule has 0 bridgehead atoms. The number of carbonyl (C=O) groups excluding carboxylic acids is 2. The zero-order chi connectivity index (χ0) is 27.0. The van der Waals surface area contributed by atoms with Gasteiger partial charge in [0, 0.05) is 0 Å². The van der Waals surface area contributed by atoms with E-state index in [-0.39, 0.29) is 17.6 Å². The molecule has 1 heterocycles. The van der Waals surface area contributed by atoms with E-state index in [4.69, 9.17) is 15.6 Å². The highest BCUT2D eigenvalue weighted by atomic mass is 32.1. The van der Waals surface area contributed by atoms with Gasteiger partial charge in [0.05, 0.1) is 22.2 Å². The van der Waals surface area contributed by atoms with Crippen LogP contribution in [0, 0.1) is 0 Å². The lowest BCUT2D eigenvalue weighted by molar-refractivity contribution is -0.192. The predicted molar refractivity (Wildman–Crippen MR) is 135 cm³/mol. The average Bonchev–Trinajstić information content (AvgIpc) is 3.31. The summed E-state index contributed by atoms with van der Waals surface area (Å²) in [4.78, 5) is 39.9. The number of hydrogen-bond acceptors (Lipinski definition) is 6. The van der Waals surface area contributed by atoms with E-state index in [1.807, 2.05) is 42.5 Å². The molecule has 4 N–H and O–H groups in total. The van der Waals surface area contributed by atoms with Gasteiger partial charge in [-0.1, -0.05) is 36.4 Å². The number of unbranched alkanes of at least 4 members (excludes halogenated alkanes) is 1. The average molecular weight is 536 g/mol. The normalized spacial score (nSPS) is 15.7. The Kier molecular flexibility index (Phi) is 9.76. The maximum Gasteiger partial charge on any atom is 0.490 e. The van der Waals surface area contributed by atoms with Crippen molar-refractivity contribution in [3.63, 3.8) is 0 Å². The van der Waals surface area contributed by atoms with Crippen molar-refractivity contribution in [3.05, 3.63) is 64.7 Å². The minimum Gasteiger partial charge on any atom is -0.475 e. The quantitative estimate of drug-likeness (QED) is 0.280. The number of ketones is 1. The van der Waals surface area contributed by atoms with Gasteiger partial charge in [-0.25, -0.2) is 9.78 Å². The molecule has 1 amide bonds. The molecule has 7 nitrogen and oxygen atoms in total. The zero-order valence-corrected chi connectivity index (χ0v) is 20.8. The van der Waals surface area contributed by atoms with Crippen molar-refractivity contribution in [2.45, 2.75) is 56.7 Å². The second-order valence-corrected chi connectivity index (χ2v) is 9.67. The zero-order valence-electron chi connectivity index (χ0n) is 20.0. The summed E-state index contributed by atoms with van der Waals surface area (Å²) in [5.74, 6) is -3.12. The maximum atomic E-state index is 13.3. The molecule has 2 atom stereocenters. The van der Waals surface area contributed by atoms with Gasteiger partial charge in [0.2, 0.25) is 11.7 Å². The minimum atomic E-state index is -5.08. The van der Waals surface area contributed by atoms with Crippen LogP contribution in [0.5, 0.6) is 0 Å². The van der Waals surface area contributed by atoms with Crippen LogP contribution in [0.25, 0.3) is 10.2 Å². The van der Waals surface area contributed by atoms with Gasteiger partial charge in [-0.3, -0.25) is 9.59 Å². The van der Waals surface area contributed by atoms with Crippen LogP contribution in [-0.4, -0.2) is 46.5 Å². The monoisotopic (exact) mass is 535 g/mol. The second-order valence-electron chi connectivity index (χ2n) is 8.64. The van der Waals surface area contributed by atoms with Gasteiger partial charge in [0.1, 0.15) is 0 Å². The van der Waals surface area contributed by atoms with Crippen molar-refractivity contribution in [1.82, 2.24) is 10.3 Å². The molecule has 1 aliphatic carbocycles.